The normalized spacial score (nSPS) is 13.7. The Kier molecular flexibility index (Phi) is 43.2. The van der Waals surface area contributed by atoms with E-state index in [1.165, 1.54) is 103 Å². The average Bonchev–Trinajstić information content (AvgIpc) is 3.20. The number of aliphatic hydroxyl groups excluding tert-OH is 2. The fourth-order valence-corrected chi connectivity index (χ4v) is 7.21. The van der Waals surface area contributed by atoms with Gasteiger partial charge in [-0.25, -0.2) is 0 Å². The number of hydrogen-bond donors (Lipinski definition) is 3. The zero-order chi connectivity index (χ0) is 41.7. The molecule has 0 saturated heterocycles. The number of allylic oxidation sites excluding steroid dienone is 8. The molecule has 332 valence electrons. The lowest BCUT2D eigenvalue weighted by molar-refractivity contribution is -0.151. The maximum absolute atomic E-state index is 13.1. The second kappa shape index (κ2) is 44.9. The van der Waals surface area contributed by atoms with Gasteiger partial charge in [0.1, 0.15) is 6.10 Å². The van der Waals surface area contributed by atoms with Gasteiger partial charge in [-0.2, -0.15) is 0 Å². The fourth-order valence-electron chi connectivity index (χ4n) is 7.21. The van der Waals surface area contributed by atoms with Crippen LogP contribution in [0.3, 0.4) is 0 Å². The summed E-state index contributed by atoms with van der Waals surface area (Å²) in [5.41, 5.74) is 0. The van der Waals surface area contributed by atoms with Crippen molar-refractivity contribution in [1.82, 2.24) is 5.32 Å². The van der Waals surface area contributed by atoms with Gasteiger partial charge in [0.05, 0.1) is 25.2 Å². The lowest BCUT2D eigenvalue weighted by Crippen LogP contribution is -2.46. The summed E-state index contributed by atoms with van der Waals surface area (Å²) < 4.78 is 5.88. The van der Waals surface area contributed by atoms with Crippen molar-refractivity contribution in [1.29, 1.82) is 0 Å². The summed E-state index contributed by atoms with van der Waals surface area (Å²) in [6.07, 6.45) is 53.1. The molecule has 3 unspecified atom stereocenters. The first-order chi connectivity index (χ1) is 28.0. The highest BCUT2D eigenvalue weighted by molar-refractivity contribution is 5.77. The highest BCUT2D eigenvalue weighted by Crippen LogP contribution is 2.17. The van der Waals surface area contributed by atoms with Crippen LogP contribution in [0, 0.1) is 0 Å². The number of aliphatic hydroxyl groups is 2. The Morgan fingerprint density at radius 2 is 0.965 bits per heavy atom. The first-order valence-corrected chi connectivity index (χ1v) is 24.4. The molecule has 6 nitrogen and oxygen atoms in total. The van der Waals surface area contributed by atoms with E-state index in [2.05, 4.69) is 74.7 Å². The molecule has 0 radical (unpaired) electrons. The topological polar surface area (TPSA) is 95.9 Å². The molecule has 57 heavy (non-hydrogen) atoms. The number of hydrogen-bond acceptors (Lipinski definition) is 5. The van der Waals surface area contributed by atoms with Gasteiger partial charge in [0.15, 0.2) is 0 Å². The van der Waals surface area contributed by atoms with E-state index in [0.29, 0.717) is 19.3 Å². The van der Waals surface area contributed by atoms with E-state index in [-0.39, 0.29) is 24.9 Å². The van der Waals surface area contributed by atoms with Crippen molar-refractivity contribution in [2.24, 2.45) is 0 Å². The highest BCUT2D eigenvalue weighted by Gasteiger charge is 2.24. The standard InChI is InChI=1S/C51H93NO5/c1-4-7-10-13-16-19-22-24-26-29-32-35-38-41-44-51(56)57-47(42-39-36-33-30-27-21-18-15-12-9-6-3)45-50(55)52-48(46-53)49(54)43-40-37-34-31-28-25-23-20-17-14-11-8-5-2/h7,10,16,19,24,26,30,33,47-49,53-54H,4-6,8-9,11-15,17-18,20-23,25,27-29,31-32,34-46H2,1-3H3,(H,52,55)/b10-7+,19-16+,26-24+,33-30-. The highest BCUT2D eigenvalue weighted by atomic mass is 16.5. The number of ether oxygens (including phenoxy) is 1. The minimum atomic E-state index is -0.797. The molecule has 0 fully saturated rings. The van der Waals surface area contributed by atoms with Crippen molar-refractivity contribution in [3.8, 4) is 0 Å². The number of carbonyl (C=O) groups excluding carboxylic acids is 2. The van der Waals surface area contributed by atoms with Gasteiger partial charge >= 0.3 is 5.97 Å². The summed E-state index contributed by atoms with van der Waals surface area (Å²) >= 11 is 0. The third kappa shape index (κ3) is 40.4. The van der Waals surface area contributed by atoms with Crippen LogP contribution >= 0.6 is 0 Å². The number of unbranched alkanes of at least 4 members (excludes halogenated alkanes) is 23. The van der Waals surface area contributed by atoms with Crippen molar-refractivity contribution in [2.75, 3.05) is 6.61 Å². The average molecular weight is 800 g/mol. The zero-order valence-corrected chi connectivity index (χ0v) is 37.7. The fraction of sp³-hybridized carbons (Fsp3) is 0.804. The summed E-state index contributed by atoms with van der Waals surface area (Å²) in [6, 6.07) is -0.713. The number of rotatable bonds is 43. The first kappa shape index (κ1) is 54.8. The molecular formula is C51H93NO5. The monoisotopic (exact) mass is 800 g/mol. The largest absolute Gasteiger partial charge is 0.462 e. The zero-order valence-electron chi connectivity index (χ0n) is 37.7. The van der Waals surface area contributed by atoms with Gasteiger partial charge in [0.2, 0.25) is 5.91 Å². The first-order valence-electron chi connectivity index (χ1n) is 24.4. The predicted molar refractivity (Wildman–Crippen MR) is 245 cm³/mol. The van der Waals surface area contributed by atoms with E-state index >= 15 is 0 Å². The minimum Gasteiger partial charge on any atom is -0.462 e. The summed E-state index contributed by atoms with van der Waals surface area (Å²) in [5.74, 6) is -0.528. The van der Waals surface area contributed by atoms with Crippen molar-refractivity contribution in [3.63, 3.8) is 0 Å². The van der Waals surface area contributed by atoms with E-state index < -0.39 is 18.2 Å². The van der Waals surface area contributed by atoms with E-state index in [0.717, 1.165) is 89.9 Å². The van der Waals surface area contributed by atoms with Crippen molar-refractivity contribution in [3.05, 3.63) is 48.6 Å². The van der Waals surface area contributed by atoms with Crippen LogP contribution in [0.1, 0.15) is 239 Å². The quantitative estimate of drug-likeness (QED) is 0.0324. The SMILES string of the molecule is CC/C=C/C/C=C/C/C=C/CCCCCCC(=O)OC(CCC/C=C\CCCCCCCC)CC(=O)NC(CO)C(O)CCCCCCCCCCCCCCC. The van der Waals surface area contributed by atoms with Gasteiger partial charge in [-0.1, -0.05) is 198 Å². The molecular weight excluding hydrogens is 707 g/mol. The second-order valence-corrected chi connectivity index (χ2v) is 16.5. The number of carbonyl (C=O) groups is 2. The summed E-state index contributed by atoms with van der Waals surface area (Å²) in [5, 5.41) is 23.7. The maximum Gasteiger partial charge on any atom is 0.306 e. The summed E-state index contributed by atoms with van der Waals surface area (Å²) in [7, 11) is 0. The second-order valence-electron chi connectivity index (χ2n) is 16.5. The molecule has 3 N–H and O–H groups in total. The van der Waals surface area contributed by atoms with E-state index in [9.17, 15) is 19.8 Å². The Morgan fingerprint density at radius 3 is 1.49 bits per heavy atom. The Labute approximate surface area is 353 Å². The summed E-state index contributed by atoms with van der Waals surface area (Å²) in [4.78, 5) is 26.0. The van der Waals surface area contributed by atoms with Gasteiger partial charge in [0, 0.05) is 6.42 Å². The Hall–Kier alpha value is -2.18. The van der Waals surface area contributed by atoms with Crippen molar-refractivity contribution in [2.45, 2.75) is 257 Å². The van der Waals surface area contributed by atoms with Gasteiger partial charge < -0.3 is 20.3 Å². The molecule has 0 aliphatic heterocycles. The molecule has 0 aromatic rings. The van der Waals surface area contributed by atoms with E-state index in [4.69, 9.17) is 4.74 Å². The van der Waals surface area contributed by atoms with Crippen molar-refractivity contribution < 1.29 is 24.5 Å². The minimum absolute atomic E-state index is 0.0478. The Bertz CT molecular complexity index is 988. The lowest BCUT2D eigenvalue weighted by Gasteiger charge is -2.24. The van der Waals surface area contributed by atoms with Crippen LogP contribution in [0.25, 0.3) is 0 Å². The molecule has 0 aliphatic carbocycles. The molecule has 0 aromatic heterocycles. The van der Waals surface area contributed by atoms with E-state index in [1.807, 2.05) is 0 Å². The Balaban J connectivity index is 4.61. The van der Waals surface area contributed by atoms with Gasteiger partial charge in [-0.05, 0) is 77.0 Å². The number of amides is 1. The van der Waals surface area contributed by atoms with Crippen LogP contribution < -0.4 is 5.32 Å². The molecule has 0 saturated carbocycles. The van der Waals surface area contributed by atoms with Crippen LogP contribution in [-0.2, 0) is 14.3 Å². The predicted octanol–water partition coefficient (Wildman–Crippen LogP) is 14.3. The number of esters is 1. The molecule has 3 atom stereocenters. The number of nitrogens with one attached hydrogen (secondary N) is 1. The molecule has 1 amide bonds. The van der Waals surface area contributed by atoms with Crippen LogP contribution in [0.4, 0.5) is 0 Å². The smallest absolute Gasteiger partial charge is 0.306 e. The molecule has 0 bridgehead atoms. The van der Waals surface area contributed by atoms with Crippen molar-refractivity contribution >= 4 is 11.9 Å². The lowest BCUT2D eigenvalue weighted by atomic mass is 10.0. The van der Waals surface area contributed by atoms with Crippen LogP contribution in [0.5, 0.6) is 0 Å². The molecule has 0 rings (SSSR count). The van der Waals surface area contributed by atoms with Crippen LogP contribution in [0.15, 0.2) is 48.6 Å². The summed E-state index contributed by atoms with van der Waals surface area (Å²) in [6.45, 7) is 6.34. The molecule has 6 heteroatoms. The maximum atomic E-state index is 13.1. The molecule has 0 aromatic carbocycles. The Morgan fingerprint density at radius 1 is 0.526 bits per heavy atom. The third-order valence-electron chi connectivity index (χ3n) is 10.9. The molecule has 0 aliphatic rings. The van der Waals surface area contributed by atoms with Gasteiger partial charge in [-0.15, -0.1) is 0 Å². The van der Waals surface area contributed by atoms with Gasteiger partial charge in [-0.3, -0.25) is 9.59 Å². The third-order valence-corrected chi connectivity index (χ3v) is 10.9. The molecule has 0 spiro atoms. The van der Waals surface area contributed by atoms with Crippen LogP contribution in [-0.4, -0.2) is 46.9 Å². The molecule has 0 heterocycles. The van der Waals surface area contributed by atoms with Gasteiger partial charge in [0.25, 0.3) is 0 Å². The van der Waals surface area contributed by atoms with Crippen LogP contribution in [0.2, 0.25) is 0 Å². The van der Waals surface area contributed by atoms with E-state index in [1.54, 1.807) is 0 Å².